The molecule has 2 rings (SSSR count). The minimum atomic E-state index is -0.285. The van der Waals surface area contributed by atoms with Crippen LogP contribution in [0.2, 0.25) is 0 Å². The summed E-state index contributed by atoms with van der Waals surface area (Å²) in [6.07, 6.45) is 1.70. The number of aromatic nitrogens is 1. The van der Waals surface area contributed by atoms with Gasteiger partial charge in [0.25, 0.3) is 5.91 Å². The lowest BCUT2D eigenvalue weighted by Gasteiger charge is -2.09. The van der Waals surface area contributed by atoms with Gasteiger partial charge in [-0.25, -0.2) is 5.43 Å². The Balaban J connectivity index is 1.96. The van der Waals surface area contributed by atoms with Gasteiger partial charge in [0.1, 0.15) is 11.4 Å². The molecule has 122 valence electrons. The lowest BCUT2D eigenvalue weighted by molar-refractivity contribution is 0.0950. The molecule has 1 heterocycles. The van der Waals surface area contributed by atoms with Crippen molar-refractivity contribution in [1.29, 1.82) is 0 Å². The quantitative estimate of drug-likeness (QED) is 0.590. The van der Waals surface area contributed by atoms with Crippen molar-refractivity contribution in [3.05, 3.63) is 52.3 Å². The van der Waals surface area contributed by atoms with Gasteiger partial charge in [-0.2, -0.15) is 5.10 Å². The summed E-state index contributed by atoms with van der Waals surface area (Å²) in [6.45, 7) is 6.75. The Morgan fingerprint density at radius 3 is 2.61 bits per heavy atom. The molecule has 0 spiro atoms. The van der Waals surface area contributed by atoms with E-state index in [0.717, 1.165) is 21.5 Å². The van der Waals surface area contributed by atoms with Crippen molar-refractivity contribution < 1.29 is 9.53 Å². The van der Waals surface area contributed by atoms with E-state index >= 15 is 0 Å². The second-order valence-corrected chi connectivity index (χ2v) is 6.51. The third-order valence-electron chi connectivity index (χ3n) is 3.07. The SMILES string of the molecule is C/C(=N/NC(=O)c1cc(Br)c[nH]1)c1ccc(OCC(C)C)cc1. The third-order valence-corrected chi connectivity index (χ3v) is 3.53. The first-order valence-corrected chi connectivity index (χ1v) is 8.17. The van der Waals surface area contributed by atoms with Crippen LogP contribution in [-0.4, -0.2) is 23.2 Å². The van der Waals surface area contributed by atoms with Crippen LogP contribution in [0.4, 0.5) is 0 Å². The number of carbonyl (C=O) groups excluding carboxylic acids is 1. The molecule has 2 N–H and O–H groups in total. The number of hydrogen-bond donors (Lipinski definition) is 2. The van der Waals surface area contributed by atoms with E-state index < -0.39 is 0 Å². The van der Waals surface area contributed by atoms with Gasteiger partial charge < -0.3 is 9.72 Å². The molecule has 5 nitrogen and oxygen atoms in total. The Labute approximate surface area is 144 Å². The number of hydrazone groups is 1. The summed E-state index contributed by atoms with van der Waals surface area (Å²) in [5, 5.41) is 4.12. The molecular formula is C17H20BrN3O2. The van der Waals surface area contributed by atoms with Crippen molar-refractivity contribution in [2.75, 3.05) is 6.61 Å². The fourth-order valence-electron chi connectivity index (χ4n) is 1.81. The summed E-state index contributed by atoms with van der Waals surface area (Å²) in [5.41, 5.74) is 4.63. The molecular weight excluding hydrogens is 358 g/mol. The predicted molar refractivity (Wildman–Crippen MR) is 94.9 cm³/mol. The van der Waals surface area contributed by atoms with Gasteiger partial charge in [0.15, 0.2) is 0 Å². The summed E-state index contributed by atoms with van der Waals surface area (Å²) >= 11 is 3.29. The molecule has 0 aliphatic rings. The molecule has 1 amide bonds. The van der Waals surface area contributed by atoms with E-state index in [4.69, 9.17) is 4.74 Å². The second-order valence-electron chi connectivity index (χ2n) is 5.60. The van der Waals surface area contributed by atoms with Crippen LogP contribution in [0.3, 0.4) is 0 Å². The van der Waals surface area contributed by atoms with Crippen LogP contribution in [0.15, 0.2) is 46.1 Å². The molecule has 0 saturated carbocycles. The van der Waals surface area contributed by atoms with Crippen molar-refractivity contribution >= 4 is 27.5 Å². The van der Waals surface area contributed by atoms with Crippen LogP contribution in [0, 0.1) is 5.92 Å². The normalized spacial score (nSPS) is 11.6. The molecule has 23 heavy (non-hydrogen) atoms. The summed E-state index contributed by atoms with van der Waals surface area (Å²) in [7, 11) is 0. The maximum Gasteiger partial charge on any atom is 0.287 e. The molecule has 0 atom stereocenters. The number of nitrogens with zero attached hydrogens (tertiary/aromatic N) is 1. The minimum Gasteiger partial charge on any atom is -0.493 e. The van der Waals surface area contributed by atoms with E-state index in [0.29, 0.717) is 18.2 Å². The first-order chi connectivity index (χ1) is 11.0. The van der Waals surface area contributed by atoms with Gasteiger partial charge >= 0.3 is 0 Å². The topological polar surface area (TPSA) is 66.5 Å². The standard InChI is InChI=1S/C17H20BrN3O2/c1-11(2)10-23-15-6-4-13(5-7-15)12(3)20-21-17(22)16-8-14(18)9-19-16/h4-9,11,19H,10H2,1-3H3,(H,21,22)/b20-12-. The highest BCUT2D eigenvalue weighted by atomic mass is 79.9. The van der Waals surface area contributed by atoms with Crippen molar-refractivity contribution in [2.45, 2.75) is 20.8 Å². The van der Waals surface area contributed by atoms with Gasteiger partial charge in [-0.05, 0) is 64.7 Å². The molecule has 2 aromatic rings. The number of nitrogens with one attached hydrogen (secondary N) is 2. The smallest absolute Gasteiger partial charge is 0.287 e. The average molecular weight is 378 g/mol. The highest BCUT2D eigenvalue weighted by Crippen LogP contribution is 2.14. The van der Waals surface area contributed by atoms with Gasteiger partial charge in [0.2, 0.25) is 0 Å². The molecule has 1 aromatic carbocycles. The Hall–Kier alpha value is -2.08. The summed E-state index contributed by atoms with van der Waals surface area (Å²) in [4.78, 5) is 14.8. The van der Waals surface area contributed by atoms with Gasteiger partial charge in [-0.1, -0.05) is 13.8 Å². The highest BCUT2D eigenvalue weighted by Gasteiger charge is 2.07. The molecule has 0 bridgehead atoms. The molecule has 0 aliphatic carbocycles. The first-order valence-electron chi connectivity index (χ1n) is 7.37. The van der Waals surface area contributed by atoms with Gasteiger partial charge in [-0.15, -0.1) is 0 Å². The lowest BCUT2D eigenvalue weighted by atomic mass is 10.1. The number of rotatable bonds is 6. The number of hydrogen-bond acceptors (Lipinski definition) is 3. The molecule has 0 unspecified atom stereocenters. The maximum atomic E-state index is 11.9. The maximum absolute atomic E-state index is 11.9. The van der Waals surface area contributed by atoms with E-state index in [1.54, 1.807) is 12.3 Å². The minimum absolute atomic E-state index is 0.285. The van der Waals surface area contributed by atoms with E-state index in [9.17, 15) is 4.79 Å². The zero-order valence-corrected chi connectivity index (χ0v) is 15.0. The second kappa shape index (κ2) is 7.97. The zero-order valence-electron chi connectivity index (χ0n) is 13.4. The van der Waals surface area contributed by atoms with Crippen molar-refractivity contribution in [3.63, 3.8) is 0 Å². The fourth-order valence-corrected chi connectivity index (χ4v) is 2.16. The number of benzene rings is 1. The Kier molecular flexibility index (Phi) is 5.98. The largest absolute Gasteiger partial charge is 0.493 e. The predicted octanol–water partition coefficient (Wildman–Crippen LogP) is 3.97. The number of carbonyl (C=O) groups is 1. The third kappa shape index (κ3) is 5.25. The number of ether oxygens (including phenoxy) is 1. The Morgan fingerprint density at radius 2 is 2.04 bits per heavy atom. The zero-order chi connectivity index (χ0) is 16.8. The Bertz CT molecular complexity index is 690. The van der Waals surface area contributed by atoms with Crippen LogP contribution >= 0.6 is 15.9 Å². The molecule has 6 heteroatoms. The molecule has 0 saturated heterocycles. The first kappa shape index (κ1) is 17.3. The lowest BCUT2D eigenvalue weighted by Crippen LogP contribution is -2.19. The Morgan fingerprint density at radius 1 is 1.35 bits per heavy atom. The van der Waals surface area contributed by atoms with Gasteiger partial charge in [-0.3, -0.25) is 4.79 Å². The van der Waals surface area contributed by atoms with E-state index in [2.05, 4.69) is 45.3 Å². The van der Waals surface area contributed by atoms with Crippen LogP contribution in [0.1, 0.15) is 36.8 Å². The monoisotopic (exact) mass is 377 g/mol. The summed E-state index contributed by atoms with van der Waals surface area (Å²) in [6, 6.07) is 9.35. The molecule has 0 radical (unpaired) electrons. The van der Waals surface area contributed by atoms with Gasteiger partial charge in [0.05, 0.1) is 12.3 Å². The average Bonchev–Trinajstić information content (AvgIpc) is 2.97. The van der Waals surface area contributed by atoms with Crippen LogP contribution in [-0.2, 0) is 0 Å². The molecule has 0 fully saturated rings. The van der Waals surface area contributed by atoms with Crippen molar-refractivity contribution in [3.8, 4) is 5.75 Å². The summed E-state index contributed by atoms with van der Waals surface area (Å²) in [5.74, 6) is 1.03. The highest BCUT2D eigenvalue weighted by molar-refractivity contribution is 9.10. The van der Waals surface area contributed by atoms with Crippen molar-refractivity contribution in [1.82, 2.24) is 10.4 Å². The van der Waals surface area contributed by atoms with E-state index in [-0.39, 0.29) is 5.91 Å². The van der Waals surface area contributed by atoms with E-state index in [1.165, 1.54) is 0 Å². The molecule has 1 aromatic heterocycles. The number of halogens is 1. The number of amides is 1. The van der Waals surface area contributed by atoms with E-state index in [1.807, 2.05) is 31.2 Å². The fraction of sp³-hybridized carbons (Fsp3) is 0.294. The van der Waals surface area contributed by atoms with Crippen LogP contribution in [0.5, 0.6) is 5.75 Å². The number of H-pyrrole nitrogens is 1. The van der Waals surface area contributed by atoms with Crippen molar-refractivity contribution in [2.24, 2.45) is 11.0 Å². The number of aromatic amines is 1. The van der Waals surface area contributed by atoms with Gasteiger partial charge in [0, 0.05) is 10.7 Å². The van der Waals surface area contributed by atoms with Crippen LogP contribution in [0.25, 0.3) is 0 Å². The molecule has 0 aliphatic heterocycles. The van der Waals surface area contributed by atoms with Crippen LogP contribution < -0.4 is 10.2 Å². The summed E-state index contributed by atoms with van der Waals surface area (Å²) < 4.78 is 6.46.